The Morgan fingerprint density at radius 2 is 2.16 bits per heavy atom. The zero-order chi connectivity index (χ0) is 13.9. The van der Waals surface area contributed by atoms with Crippen molar-refractivity contribution < 1.29 is 13.5 Å². The Kier molecular flexibility index (Phi) is 4.44. The summed E-state index contributed by atoms with van der Waals surface area (Å²) in [6, 6.07) is 5.81. The van der Waals surface area contributed by atoms with Crippen LogP contribution in [0.1, 0.15) is 30.0 Å². The lowest BCUT2D eigenvalue weighted by atomic mass is 10.1. The van der Waals surface area contributed by atoms with Crippen molar-refractivity contribution in [2.24, 2.45) is 0 Å². The fraction of sp³-hybridized carbons (Fsp3) is 0.538. The molecule has 1 atom stereocenters. The van der Waals surface area contributed by atoms with E-state index in [1.165, 1.54) is 17.4 Å². The van der Waals surface area contributed by atoms with Gasteiger partial charge < -0.3 is 10.4 Å². The number of hydrogen-bond acceptors (Lipinski definition) is 4. The fourth-order valence-corrected chi connectivity index (χ4v) is 2.95. The third-order valence-corrected chi connectivity index (χ3v) is 4.04. The van der Waals surface area contributed by atoms with Gasteiger partial charge in [-0.1, -0.05) is 6.07 Å². The summed E-state index contributed by atoms with van der Waals surface area (Å²) in [5, 5.41) is 12.8. The van der Waals surface area contributed by atoms with Gasteiger partial charge in [0.15, 0.2) is 0 Å². The lowest BCUT2D eigenvalue weighted by Crippen LogP contribution is -2.27. The van der Waals surface area contributed by atoms with Crippen LogP contribution in [-0.4, -0.2) is 32.9 Å². The molecule has 0 spiro atoms. The molecular weight excluding hydrogens is 264 g/mol. The monoisotopic (exact) mass is 284 g/mol. The number of nitrogens with one attached hydrogen (secondary N) is 2. The lowest BCUT2D eigenvalue weighted by Gasteiger charge is -2.14. The van der Waals surface area contributed by atoms with Crippen LogP contribution in [0, 0.1) is 0 Å². The zero-order valence-corrected chi connectivity index (χ0v) is 11.8. The number of benzene rings is 1. The summed E-state index contributed by atoms with van der Waals surface area (Å²) in [6.07, 6.45) is 3.93. The third kappa shape index (κ3) is 4.19. The molecule has 2 rings (SSSR count). The average molecular weight is 284 g/mol. The van der Waals surface area contributed by atoms with Crippen LogP contribution in [0.3, 0.4) is 0 Å². The second-order valence-electron chi connectivity index (χ2n) is 4.95. The summed E-state index contributed by atoms with van der Waals surface area (Å²) in [6.45, 7) is 1.23. The number of phenols is 1. The number of aryl methyl sites for hydroxylation is 1. The largest absolute Gasteiger partial charge is 0.508 e. The Labute approximate surface area is 114 Å². The molecule has 0 aliphatic heterocycles. The fourth-order valence-electron chi connectivity index (χ4n) is 2.44. The molecule has 0 amide bonds. The SMILES string of the molecule is CS(=O)(=O)NCCCNC1CCc2cc(O)ccc21. The average Bonchev–Trinajstić information content (AvgIpc) is 2.69. The highest BCUT2D eigenvalue weighted by Gasteiger charge is 2.21. The van der Waals surface area contributed by atoms with E-state index >= 15 is 0 Å². The lowest BCUT2D eigenvalue weighted by molar-refractivity contribution is 0.474. The van der Waals surface area contributed by atoms with E-state index in [1.807, 2.05) is 12.1 Å². The van der Waals surface area contributed by atoms with Crippen molar-refractivity contribution in [3.63, 3.8) is 0 Å². The van der Waals surface area contributed by atoms with Crippen LogP contribution in [0.15, 0.2) is 18.2 Å². The van der Waals surface area contributed by atoms with Crippen LogP contribution in [-0.2, 0) is 16.4 Å². The number of phenolic OH excluding ortho intramolecular Hbond substituents is 1. The zero-order valence-electron chi connectivity index (χ0n) is 11.0. The van der Waals surface area contributed by atoms with Gasteiger partial charge in [-0.3, -0.25) is 0 Å². The van der Waals surface area contributed by atoms with Crippen molar-refractivity contribution in [3.05, 3.63) is 29.3 Å². The molecule has 0 heterocycles. The van der Waals surface area contributed by atoms with Crippen molar-refractivity contribution in [1.82, 2.24) is 10.0 Å². The summed E-state index contributed by atoms with van der Waals surface area (Å²) in [7, 11) is -3.08. The first kappa shape index (κ1) is 14.3. The van der Waals surface area contributed by atoms with Gasteiger partial charge in [0.05, 0.1) is 6.26 Å². The first-order valence-corrected chi connectivity index (χ1v) is 8.35. The minimum absolute atomic E-state index is 0.314. The molecule has 0 aromatic heterocycles. The number of fused-ring (bicyclic) bond motifs is 1. The van der Waals surface area contributed by atoms with Crippen molar-refractivity contribution in [3.8, 4) is 5.75 Å². The predicted molar refractivity (Wildman–Crippen MR) is 74.6 cm³/mol. The van der Waals surface area contributed by atoms with E-state index in [9.17, 15) is 13.5 Å². The summed E-state index contributed by atoms with van der Waals surface area (Å²) in [5.74, 6) is 0.316. The third-order valence-electron chi connectivity index (χ3n) is 3.31. The molecule has 0 saturated heterocycles. The maximum absolute atomic E-state index is 10.9. The normalized spacial score (nSPS) is 18.5. The molecule has 1 unspecified atom stereocenters. The Morgan fingerprint density at radius 1 is 1.37 bits per heavy atom. The van der Waals surface area contributed by atoms with Gasteiger partial charge in [-0.2, -0.15) is 0 Å². The second-order valence-corrected chi connectivity index (χ2v) is 6.78. The molecule has 0 radical (unpaired) electrons. The van der Waals surface area contributed by atoms with Crippen molar-refractivity contribution in [1.29, 1.82) is 0 Å². The molecule has 3 N–H and O–H groups in total. The number of hydrogen-bond donors (Lipinski definition) is 3. The summed E-state index contributed by atoms with van der Waals surface area (Å²) in [5.41, 5.74) is 2.45. The van der Waals surface area contributed by atoms with Crippen LogP contribution < -0.4 is 10.0 Å². The molecule has 1 aromatic rings. The van der Waals surface area contributed by atoms with Crippen LogP contribution in [0.25, 0.3) is 0 Å². The van der Waals surface area contributed by atoms with E-state index in [2.05, 4.69) is 10.0 Å². The molecule has 0 bridgehead atoms. The highest BCUT2D eigenvalue weighted by atomic mass is 32.2. The second kappa shape index (κ2) is 5.90. The van der Waals surface area contributed by atoms with Crippen LogP contribution >= 0.6 is 0 Å². The molecule has 5 nitrogen and oxygen atoms in total. The number of rotatable bonds is 6. The molecule has 1 aliphatic rings. The molecule has 6 heteroatoms. The number of sulfonamides is 1. The van der Waals surface area contributed by atoms with Gasteiger partial charge >= 0.3 is 0 Å². The molecule has 19 heavy (non-hydrogen) atoms. The highest BCUT2D eigenvalue weighted by Crippen LogP contribution is 2.32. The van der Waals surface area contributed by atoms with Crippen molar-refractivity contribution >= 4 is 10.0 Å². The van der Waals surface area contributed by atoms with Crippen LogP contribution in [0.4, 0.5) is 0 Å². The predicted octanol–water partition coefficient (Wildman–Crippen LogP) is 0.908. The van der Waals surface area contributed by atoms with Gasteiger partial charge in [0.2, 0.25) is 10.0 Å². The van der Waals surface area contributed by atoms with E-state index in [0.717, 1.165) is 25.8 Å². The minimum atomic E-state index is -3.08. The topological polar surface area (TPSA) is 78.4 Å². The van der Waals surface area contributed by atoms with E-state index < -0.39 is 10.0 Å². The van der Waals surface area contributed by atoms with Crippen molar-refractivity contribution in [2.45, 2.75) is 25.3 Å². The standard InChI is InChI=1S/C13H20N2O3S/c1-19(17,18)15-8-2-7-14-13-6-3-10-9-11(16)4-5-12(10)13/h4-5,9,13-16H,2-3,6-8H2,1H3. The Balaban J connectivity index is 1.77. The van der Waals surface area contributed by atoms with Gasteiger partial charge in [-0.05, 0) is 49.1 Å². The molecule has 0 fully saturated rings. The summed E-state index contributed by atoms with van der Waals surface area (Å²) < 4.78 is 24.3. The van der Waals surface area contributed by atoms with E-state index in [-0.39, 0.29) is 0 Å². The maximum atomic E-state index is 10.9. The molecule has 1 aliphatic carbocycles. The van der Waals surface area contributed by atoms with E-state index in [4.69, 9.17) is 0 Å². The highest BCUT2D eigenvalue weighted by molar-refractivity contribution is 7.88. The molecule has 0 saturated carbocycles. The number of aromatic hydroxyl groups is 1. The first-order valence-electron chi connectivity index (χ1n) is 6.45. The van der Waals surface area contributed by atoms with Crippen molar-refractivity contribution in [2.75, 3.05) is 19.3 Å². The Hall–Kier alpha value is -1.11. The quantitative estimate of drug-likeness (QED) is 0.678. The minimum Gasteiger partial charge on any atom is -0.508 e. The van der Waals surface area contributed by atoms with Gasteiger partial charge in [0.25, 0.3) is 0 Å². The Morgan fingerprint density at radius 3 is 2.89 bits per heavy atom. The van der Waals surface area contributed by atoms with Gasteiger partial charge in [-0.15, -0.1) is 0 Å². The maximum Gasteiger partial charge on any atom is 0.208 e. The van der Waals surface area contributed by atoms with Crippen LogP contribution in [0.2, 0.25) is 0 Å². The molecule has 106 valence electrons. The Bertz CT molecular complexity index is 543. The summed E-state index contributed by atoms with van der Waals surface area (Å²) >= 11 is 0. The molecular formula is C13H20N2O3S. The van der Waals surface area contributed by atoms with Gasteiger partial charge in [0.1, 0.15) is 5.75 Å². The van der Waals surface area contributed by atoms with Gasteiger partial charge in [0, 0.05) is 12.6 Å². The van der Waals surface area contributed by atoms with Gasteiger partial charge in [-0.25, -0.2) is 13.1 Å². The molecule has 1 aromatic carbocycles. The van der Waals surface area contributed by atoms with E-state index in [0.29, 0.717) is 18.3 Å². The smallest absolute Gasteiger partial charge is 0.208 e. The summed E-state index contributed by atoms with van der Waals surface area (Å²) in [4.78, 5) is 0. The first-order chi connectivity index (χ1) is 8.96. The van der Waals surface area contributed by atoms with Crippen LogP contribution in [0.5, 0.6) is 5.75 Å². The van der Waals surface area contributed by atoms with E-state index in [1.54, 1.807) is 6.07 Å².